The summed E-state index contributed by atoms with van der Waals surface area (Å²) >= 11 is 9.47. The highest BCUT2D eigenvalue weighted by atomic mass is 79.9. The SMILES string of the molecule is COc1cc(Nc2ncc(Br)cc2C)c(OC)cc1Cl. The molecule has 0 spiro atoms. The second-order valence-electron chi connectivity index (χ2n) is 4.13. The summed E-state index contributed by atoms with van der Waals surface area (Å²) in [4.78, 5) is 4.34. The highest BCUT2D eigenvalue weighted by molar-refractivity contribution is 9.10. The highest BCUT2D eigenvalue weighted by Gasteiger charge is 2.11. The van der Waals surface area contributed by atoms with Gasteiger partial charge >= 0.3 is 0 Å². The Morgan fingerprint density at radius 3 is 2.45 bits per heavy atom. The predicted molar refractivity (Wildman–Crippen MR) is 84.5 cm³/mol. The van der Waals surface area contributed by atoms with Crippen molar-refractivity contribution in [2.24, 2.45) is 0 Å². The molecule has 0 amide bonds. The van der Waals surface area contributed by atoms with Crippen molar-refractivity contribution in [1.29, 1.82) is 0 Å². The number of aryl methyl sites for hydroxylation is 1. The van der Waals surface area contributed by atoms with Gasteiger partial charge in [0.15, 0.2) is 0 Å². The van der Waals surface area contributed by atoms with Crippen molar-refractivity contribution in [1.82, 2.24) is 4.98 Å². The number of methoxy groups -OCH3 is 2. The number of ether oxygens (including phenoxy) is 2. The van der Waals surface area contributed by atoms with Gasteiger partial charge in [-0.1, -0.05) is 11.6 Å². The molecule has 2 rings (SSSR count). The van der Waals surface area contributed by atoms with Crippen molar-refractivity contribution < 1.29 is 9.47 Å². The van der Waals surface area contributed by atoms with Crippen LogP contribution >= 0.6 is 27.5 Å². The van der Waals surface area contributed by atoms with Crippen LogP contribution in [0, 0.1) is 6.92 Å². The van der Waals surface area contributed by atoms with Crippen LogP contribution in [-0.4, -0.2) is 19.2 Å². The fourth-order valence-corrected chi connectivity index (χ4v) is 2.43. The third kappa shape index (κ3) is 3.16. The summed E-state index contributed by atoms with van der Waals surface area (Å²) in [5, 5.41) is 3.72. The molecule has 0 aliphatic carbocycles. The first-order valence-corrected chi connectivity index (χ1v) is 7.03. The molecule has 1 aromatic carbocycles. The van der Waals surface area contributed by atoms with E-state index in [1.54, 1.807) is 32.5 Å². The first kappa shape index (κ1) is 14.9. The zero-order valence-electron chi connectivity index (χ0n) is 11.3. The highest BCUT2D eigenvalue weighted by Crippen LogP contribution is 2.37. The number of hydrogen-bond donors (Lipinski definition) is 1. The summed E-state index contributed by atoms with van der Waals surface area (Å²) in [6, 6.07) is 5.47. The Hall–Kier alpha value is -1.46. The Labute approximate surface area is 131 Å². The molecule has 0 atom stereocenters. The minimum Gasteiger partial charge on any atom is -0.495 e. The predicted octanol–water partition coefficient (Wildman–Crippen LogP) is 4.57. The number of benzene rings is 1. The normalized spacial score (nSPS) is 10.2. The Morgan fingerprint density at radius 2 is 1.85 bits per heavy atom. The van der Waals surface area contributed by atoms with Crippen molar-refractivity contribution >= 4 is 39.0 Å². The number of halogens is 2. The first-order valence-electron chi connectivity index (χ1n) is 5.86. The maximum atomic E-state index is 6.08. The van der Waals surface area contributed by atoms with E-state index in [4.69, 9.17) is 21.1 Å². The van der Waals surface area contributed by atoms with Gasteiger partial charge in [-0.3, -0.25) is 0 Å². The molecule has 0 unspecified atom stereocenters. The Balaban J connectivity index is 2.41. The lowest BCUT2D eigenvalue weighted by molar-refractivity contribution is 0.405. The molecular weight excluding hydrogens is 344 g/mol. The fraction of sp³-hybridized carbons (Fsp3) is 0.214. The van der Waals surface area contributed by atoms with Crippen molar-refractivity contribution in [2.45, 2.75) is 6.92 Å². The standard InChI is InChI=1S/C14H14BrClN2O2/c1-8-4-9(15)7-17-14(8)18-11-6-12(19-2)10(16)5-13(11)20-3/h4-7H,1-3H3,(H,17,18). The number of rotatable bonds is 4. The van der Waals surface area contributed by atoms with Crippen molar-refractivity contribution in [2.75, 3.05) is 19.5 Å². The molecule has 0 saturated heterocycles. The number of anilines is 2. The molecule has 0 fully saturated rings. The fourth-order valence-electron chi connectivity index (χ4n) is 1.76. The molecule has 0 saturated carbocycles. The average molecular weight is 358 g/mol. The largest absolute Gasteiger partial charge is 0.495 e. The molecule has 0 aliphatic rings. The summed E-state index contributed by atoms with van der Waals surface area (Å²) in [6.45, 7) is 1.97. The third-order valence-electron chi connectivity index (χ3n) is 2.77. The van der Waals surface area contributed by atoms with Gasteiger partial charge in [-0.25, -0.2) is 4.98 Å². The van der Waals surface area contributed by atoms with Crippen LogP contribution in [0.25, 0.3) is 0 Å². The van der Waals surface area contributed by atoms with E-state index in [1.165, 1.54) is 0 Å². The molecule has 0 aliphatic heterocycles. The smallest absolute Gasteiger partial charge is 0.144 e. The molecule has 1 heterocycles. The summed E-state index contributed by atoms with van der Waals surface area (Å²) < 4.78 is 11.5. The van der Waals surface area contributed by atoms with Crippen molar-refractivity contribution in [3.05, 3.63) is 39.5 Å². The molecule has 1 aromatic heterocycles. The van der Waals surface area contributed by atoms with E-state index < -0.39 is 0 Å². The molecule has 2 aromatic rings. The lowest BCUT2D eigenvalue weighted by Crippen LogP contribution is -1.99. The Kier molecular flexibility index (Phi) is 4.73. The van der Waals surface area contributed by atoms with Crippen molar-refractivity contribution in [3.63, 3.8) is 0 Å². The monoisotopic (exact) mass is 356 g/mol. The van der Waals surface area contributed by atoms with Gasteiger partial charge in [0.25, 0.3) is 0 Å². The van der Waals surface area contributed by atoms with E-state index in [2.05, 4.69) is 26.2 Å². The van der Waals surface area contributed by atoms with E-state index >= 15 is 0 Å². The topological polar surface area (TPSA) is 43.4 Å². The van der Waals surface area contributed by atoms with Crippen LogP contribution in [0.1, 0.15) is 5.56 Å². The van der Waals surface area contributed by atoms with Crippen LogP contribution in [-0.2, 0) is 0 Å². The molecule has 0 radical (unpaired) electrons. The van der Waals surface area contributed by atoms with Crippen LogP contribution in [0.15, 0.2) is 28.9 Å². The third-order valence-corrected chi connectivity index (χ3v) is 3.50. The number of hydrogen-bond acceptors (Lipinski definition) is 4. The quantitative estimate of drug-likeness (QED) is 0.870. The lowest BCUT2D eigenvalue weighted by atomic mass is 10.2. The van der Waals surface area contributed by atoms with Crippen LogP contribution in [0.5, 0.6) is 11.5 Å². The second kappa shape index (κ2) is 6.33. The van der Waals surface area contributed by atoms with Crippen LogP contribution < -0.4 is 14.8 Å². The maximum Gasteiger partial charge on any atom is 0.144 e. The average Bonchev–Trinajstić information content (AvgIpc) is 2.43. The summed E-state index contributed by atoms with van der Waals surface area (Å²) in [7, 11) is 3.16. The van der Waals surface area contributed by atoms with Gasteiger partial charge in [0.1, 0.15) is 17.3 Å². The molecule has 4 nitrogen and oxygen atoms in total. The number of aromatic nitrogens is 1. The van der Waals surface area contributed by atoms with E-state index in [0.717, 1.165) is 21.5 Å². The van der Waals surface area contributed by atoms with Gasteiger partial charge in [0.2, 0.25) is 0 Å². The summed E-state index contributed by atoms with van der Waals surface area (Å²) in [5.74, 6) is 1.94. The number of pyridine rings is 1. The van der Waals surface area contributed by atoms with Gasteiger partial charge in [-0.2, -0.15) is 0 Å². The molecule has 6 heteroatoms. The summed E-state index contributed by atoms with van der Waals surface area (Å²) in [6.07, 6.45) is 1.73. The van der Waals surface area contributed by atoms with E-state index in [9.17, 15) is 0 Å². The van der Waals surface area contributed by atoms with E-state index in [0.29, 0.717) is 16.5 Å². The molecule has 20 heavy (non-hydrogen) atoms. The van der Waals surface area contributed by atoms with Gasteiger partial charge < -0.3 is 14.8 Å². The second-order valence-corrected chi connectivity index (χ2v) is 5.45. The Bertz CT molecular complexity index is 635. The zero-order valence-corrected chi connectivity index (χ0v) is 13.7. The van der Waals surface area contributed by atoms with Crippen LogP contribution in [0.3, 0.4) is 0 Å². The minimum atomic E-state index is 0.496. The summed E-state index contributed by atoms with van der Waals surface area (Å²) in [5.41, 5.74) is 1.75. The molecule has 1 N–H and O–H groups in total. The maximum absolute atomic E-state index is 6.08. The molecular formula is C14H14BrClN2O2. The number of nitrogens with one attached hydrogen (secondary N) is 1. The van der Waals surface area contributed by atoms with Gasteiger partial charge in [-0.15, -0.1) is 0 Å². The van der Waals surface area contributed by atoms with Crippen molar-refractivity contribution in [3.8, 4) is 11.5 Å². The van der Waals surface area contributed by atoms with Gasteiger partial charge in [0, 0.05) is 22.8 Å². The Morgan fingerprint density at radius 1 is 1.15 bits per heavy atom. The van der Waals surface area contributed by atoms with E-state index in [-0.39, 0.29) is 0 Å². The first-order chi connectivity index (χ1) is 9.55. The number of nitrogens with zero attached hydrogens (tertiary/aromatic N) is 1. The molecule has 106 valence electrons. The van der Waals surface area contributed by atoms with Gasteiger partial charge in [-0.05, 0) is 34.5 Å². The van der Waals surface area contributed by atoms with Crippen LogP contribution in [0.4, 0.5) is 11.5 Å². The van der Waals surface area contributed by atoms with E-state index in [1.807, 2.05) is 13.0 Å². The zero-order chi connectivity index (χ0) is 14.7. The minimum absolute atomic E-state index is 0.496. The molecule has 0 bridgehead atoms. The van der Waals surface area contributed by atoms with Crippen LogP contribution in [0.2, 0.25) is 5.02 Å². The van der Waals surface area contributed by atoms with Gasteiger partial charge in [0.05, 0.1) is 24.9 Å². The lowest BCUT2D eigenvalue weighted by Gasteiger charge is -2.14.